The Bertz CT molecular complexity index is 367. The third-order valence-electron chi connectivity index (χ3n) is 4.18. The summed E-state index contributed by atoms with van der Waals surface area (Å²) in [6.07, 6.45) is 4.83. The minimum atomic E-state index is -0.114. The van der Waals surface area contributed by atoms with E-state index in [9.17, 15) is 4.39 Å². The Morgan fingerprint density at radius 2 is 2.06 bits per heavy atom. The van der Waals surface area contributed by atoms with E-state index in [2.05, 4.69) is 18.3 Å². The molecule has 0 radical (unpaired) electrons. The van der Waals surface area contributed by atoms with Crippen molar-refractivity contribution in [1.29, 1.82) is 0 Å². The van der Waals surface area contributed by atoms with Gasteiger partial charge in [-0.3, -0.25) is 0 Å². The number of nitrogens with one attached hydrogen (secondary N) is 1. The highest BCUT2D eigenvalue weighted by Crippen LogP contribution is 2.41. The van der Waals surface area contributed by atoms with Crippen molar-refractivity contribution >= 4 is 0 Å². The van der Waals surface area contributed by atoms with Gasteiger partial charge in [0, 0.05) is 12.0 Å². The third kappa shape index (κ3) is 2.68. The lowest BCUT2D eigenvalue weighted by Crippen LogP contribution is -2.40. The second kappa shape index (κ2) is 5.18. The fourth-order valence-corrected chi connectivity index (χ4v) is 3.04. The zero-order valence-corrected chi connectivity index (χ0v) is 10.8. The van der Waals surface area contributed by atoms with Gasteiger partial charge >= 0.3 is 0 Å². The van der Waals surface area contributed by atoms with Gasteiger partial charge in [0.05, 0.1) is 0 Å². The van der Waals surface area contributed by atoms with Gasteiger partial charge < -0.3 is 5.32 Å². The topological polar surface area (TPSA) is 12.0 Å². The summed E-state index contributed by atoms with van der Waals surface area (Å²) in [5.74, 6) is 0.699. The molecule has 0 amide bonds. The first-order valence-electron chi connectivity index (χ1n) is 6.57. The van der Waals surface area contributed by atoms with E-state index in [0.29, 0.717) is 0 Å². The van der Waals surface area contributed by atoms with Gasteiger partial charge in [-0.05, 0) is 56.3 Å². The molecule has 0 saturated heterocycles. The smallest absolute Gasteiger partial charge is 0.123 e. The van der Waals surface area contributed by atoms with E-state index in [1.165, 1.54) is 37.3 Å². The first-order chi connectivity index (χ1) is 8.16. The van der Waals surface area contributed by atoms with Crippen molar-refractivity contribution in [2.45, 2.75) is 38.0 Å². The number of rotatable bonds is 3. The van der Waals surface area contributed by atoms with Crippen LogP contribution in [0, 0.1) is 11.7 Å². The molecule has 2 rings (SSSR count). The Kier molecular flexibility index (Phi) is 3.82. The summed E-state index contributed by atoms with van der Waals surface area (Å²) < 4.78 is 13.4. The van der Waals surface area contributed by atoms with Gasteiger partial charge in [0.15, 0.2) is 0 Å². The van der Waals surface area contributed by atoms with E-state index >= 15 is 0 Å². The average Bonchev–Trinajstić information content (AvgIpc) is 2.33. The molecule has 1 aliphatic rings. The van der Waals surface area contributed by atoms with Gasteiger partial charge in [0.25, 0.3) is 0 Å². The molecule has 1 saturated carbocycles. The number of hydrogen-bond donors (Lipinski definition) is 1. The Labute approximate surface area is 103 Å². The predicted molar refractivity (Wildman–Crippen MR) is 69.6 cm³/mol. The zero-order valence-electron chi connectivity index (χ0n) is 10.8. The number of likely N-dealkylation sites (N-methyl/N-ethyl adjacent to an activating group) is 1. The van der Waals surface area contributed by atoms with Gasteiger partial charge in [-0.2, -0.15) is 0 Å². The van der Waals surface area contributed by atoms with Crippen molar-refractivity contribution in [1.82, 2.24) is 5.32 Å². The summed E-state index contributed by atoms with van der Waals surface area (Å²) in [5.41, 5.74) is 1.31. The van der Waals surface area contributed by atoms with Crippen LogP contribution < -0.4 is 5.32 Å². The predicted octanol–water partition coefficient (Wildman–Crippen LogP) is 3.49. The first kappa shape index (κ1) is 12.6. The second-order valence-electron chi connectivity index (χ2n) is 5.50. The minimum Gasteiger partial charge on any atom is -0.319 e. The van der Waals surface area contributed by atoms with Crippen LogP contribution in [-0.2, 0) is 5.41 Å². The van der Waals surface area contributed by atoms with E-state index in [4.69, 9.17) is 0 Å². The van der Waals surface area contributed by atoms with Crippen molar-refractivity contribution in [3.8, 4) is 0 Å². The maximum atomic E-state index is 13.4. The van der Waals surface area contributed by atoms with Crippen LogP contribution >= 0.6 is 0 Å². The van der Waals surface area contributed by atoms with Crippen LogP contribution in [0.1, 0.15) is 38.2 Å². The quantitative estimate of drug-likeness (QED) is 0.845. The molecule has 0 spiro atoms. The lowest BCUT2D eigenvalue weighted by molar-refractivity contribution is 0.237. The molecular weight excluding hydrogens is 213 g/mol. The lowest BCUT2D eigenvalue weighted by atomic mass is 9.67. The Morgan fingerprint density at radius 3 is 2.65 bits per heavy atom. The maximum Gasteiger partial charge on any atom is 0.123 e. The highest BCUT2D eigenvalue weighted by atomic mass is 19.1. The summed E-state index contributed by atoms with van der Waals surface area (Å²) in [6, 6.07) is 7.16. The molecule has 2 heteroatoms. The molecule has 94 valence electrons. The number of halogens is 1. The van der Waals surface area contributed by atoms with Gasteiger partial charge in [-0.25, -0.2) is 4.39 Å². The van der Waals surface area contributed by atoms with Crippen LogP contribution in [-0.4, -0.2) is 13.6 Å². The Hall–Kier alpha value is -0.890. The average molecular weight is 235 g/mol. The van der Waals surface area contributed by atoms with E-state index in [-0.39, 0.29) is 11.2 Å². The summed E-state index contributed by atoms with van der Waals surface area (Å²) in [6.45, 7) is 3.26. The molecular formula is C15H22FN. The van der Waals surface area contributed by atoms with Crippen molar-refractivity contribution in [2.75, 3.05) is 13.6 Å². The van der Waals surface area contributed by atoms with E-state index in [1.807, 2.05) is 13.1 Å². The summed E-state index contributed by atoms with van der Waals surface area (Å²) in [4.78, 5) is 0. The fourth-order valence-electron chi connectivity index (χ4n) is 3.04. The molecule has 0 bridgehead atoms. The molecule has 1 aromatic rings. The summed E-state index contributed by atoms with van der Waals surface area (Å²) in [5, 5.41) is 3.29. The molecule has 1 aliphatic carbocycles. The number of hydrogen-bond acceptors (Lipinski definition) is 1. The van der Waals surface area contributed by atoms with Crippen molar-refractivity contribution in [3.05, 3.63) is 35.6 Å². The standard InChI is InChI=1S/C15H22FN/c1-12-6-8-15(9-7-12,11-17-2)13-4-3-5-14(16)10-13/h3-5,10,12,17H,6-9,11H2,1-2H3. The normalized spacial score (nSPS) is 29.2. The maximum absolute atomic E-state index is 13.4. The van der Waals surface area contributed by atoms with Crippen LogP contribution in [0.15, 0.2) is 24.3 Å². The highest BCUT2D eigenvalue weighted by molar-refractivity contribution is 5.27. The van der Waals surface area contributed by atoms with Gasteiger partial charge in [0.1, 0.15) is 5.82 Å². The van der Waals surface area contributed by atoms with Gasteiger partial charge in [0.2, 0.25) is 0 Å². The third-order valence-corrected chi connectivity index (χ3v) is 4.18. The molecule has 17 heavy (non-hydrogen) atoms. The monoisotopic (exact) mass is 235 g/mol. The van der Waals surface area contributed by atoms with Gasteiger partial charge in [-0.15, -0.1) is 0 Å². The van der Waals surface area contributed by atoms with Crippen LogP contribution in [0.2, 0.25) is 0 Å². The van der Waals surface area contributed by atoms with E-state index < -0.39 is 0 Å². The molecule has 0 aliphatic heterocycles. The van der Waals surface area contributed by atoms with Crippen LogP contribution in [0.3, 0.4) is 0 Å². The van der Waals surface area contributed by atoms with Crippen molar-refractivity contribution in [3.63, 3.8) is 0 Å². The Morgan fingerprint density at radius 1 is 1.35 bits per heavy atom. The van der Waals surface area contributed by atoms with Crippen LogP contribution in [0.4, 0.5) is 4.39 Å². The van der Waals surface area contributed by atoms with Crippen LogP contribution in [0.5, 0.6) is 0 Å². The molecule has 1 nitrogen and oxygen atoms in total. The largest absolute Gasteiger partial charge is 0.319 e. The number of benzene rings is 1. The SMILES string of the molecule is CNCC1(c2cccc(F)c2)CCC(C)CC1. The summed E-state index contributed by atoms with van der Waals surface area (Å²) >= 11 is 0. The summed E-state index contributed by atoms with van der Waals surface area (Å²) in [7, 11) is 1.99. The highest BCUT2D eigenvalue weighted by Gasteiger charge is 2.35. The van der Waals surface area contributed by atoms with Crippen molar-refractivity contribution < 1.29 is 4.39 Å². The van der Waals surface area contributed by atoms with Gasteiger partial charge in [-0.1, -0.05) is 19.1 Å². The zero-order chi connectivity index (χ0) is 12.3. The Balaban J connectivity index is 2.27. The van der Waals surface area contributed by atoms with Crippen molar-refractivity contribution in [2.24, 2.45) is 5.92 Å². The molecule has 0 heterocycles. The molecule has 1 fully saturated rings. The molecule has 1 N–H and O–H groups in total. The molecule has 0 aromatic heterocycles. The van der Waals surface area contributed by atoms with Crippen LogP contribution in [0.25, 0.3) is 0 Å². The molecule has 1 aromatic carbocycles. The lowest BCUT2D eigenvalue weighted by Gasteiger charge is -2.40. The first-order valence-corrected chi connectivity index (χ1v) is 6.57. The fraction of sp³-hybridized carbons (Fsp3) is 0.600. The second-order valence-corrected chi connectivity index (χ2v) is 5.50. The molecule has 0 unspecified atom stereocenters. The van der Waals surface area contributed by atoms with E-state index in [1.54, 1.807) is 6.07 Å². The van der Waals surface area contributed by atoms with E-state index in [0.717, 1.165) is 12.5 Å². The minimum absolute atomic E-state index is 0.114. The molecule has 0 atom stereocenters.